The first-order chi connectivity index (χ1) is 17.6. The van der Waals surface area contributed by atoms with Crippen molar-refractivity contribution in [1.82, 2.24) is 0 Å². The number of benzene rings is 3. The van der Waals surface area contributed by atoms with Gasteiger partial charge in [0.05, 0.1) is 31.5 Å². The molecule has 1 aliphatic heterocycles. The highest BCUT2D eigenvalue weighted by atomic mass is 35.5. The first kappa shape index (κ1) is 26.3. The van der Waals surface area contributed by atoms with Gasteiger partial charge < -0.3 is 18.9 Å². The lowest BCUT2D eigenvalue weighted by Crippen LogP contribution is -2.38. The zero-order valence-electron chi connectivity index (χ0n) is 20.3. The minimum atomic E-state index is -0.559. The van der Waals surface area contributed by atoms with Crippen LogP contribution in [0.25, 0.3) is 0 Å². The minimum absolute atomic E-state index is 0.112. The highest BCUT2D eigenvalue weighted by Crippen LogP contribution is 2.31. The van der Waals surface area contributed by atoms with Crippen LogP contribution in [0.15, 0.2) is 102 Å². The van der Waals surface area contributed by atoms with Crippen LogP contribution < -0.4 is 0 Å². The van der Waals surface area contributed by atoms with Gasteiger partial charge in [0.15, 0.2) is 5.78 Å². The Kier molecular flexibility index (Phi) is 9.84. The third-order valence-electron chi connectivity index (χ3n) is 5.96. The first-order valence-corrected chi connectivity index (χ1v) is 12.4. The van der Waals surface area contributed by atoms with Gasteiger partial charge in [0.25, 0.3) is 0 Å². The fraction of sp³-hybridized carbons (Fsp3) is 0.300. The van der Waals surface area contributed by atoms with Crippen molar-refractivity contribution in [2.24, 2.45) is 0 Å². The van der Waals surface area contributed by atoms with E-state index in [0.29, 0.717) is 26.4 Å². The van der Waals surface area contributed by atoms with Crippen molar-refractivity contribution in [3.8, 4) is 0 Å². The van der Waals surface area contributed by atoms with Crippen LogP contribution in [0.4, 0.5) is 0 Å². The molecule has 0 N–H and O–H groups in total. The fourth-order valence-corrected chi connectivity index (χ4v) is 4.20. The van der Waals surface area contributed by atoms with Gasteiger partial charge in [-0.25, -0.2) is 0 Å². The second kappa shape index (κ2) is 13.5. The summed E-state index contributed by atoms with van der Waals surface area (Å²) in [6.45, 7) is 2.96. The lowest BCUT2D eigenvalue weighted by atomic mass is 10.1. The van der Waals surface area contributed by atoms with Gasteiger partial charge in [0, 0.05) is 6.92 Å². The molecule has 1 saturated heterocycles. The van der Waals surface area contributed by atoms with E-state index < -0.39 is 24.4 Å². The molecule has 36 heavy (non-hydrogen) atoms. The quantitative estimate of drug-likeness (QED) is 0.288. The molecule has 1 heterocycles. The number of carbonyl (C=O) groups excluding carboxylic acids is 1. The summed E-state index contributed by atoms with van der Waals surface area (Å²) in [5.74, 6) is -0.229. The summed E-state index contributed by atoms with van der Waals surface area (Å²) in [4.78, 5) is 11.9. The molecule has 1 fully saturated rings. The van der Waals surface area contributed by atoms with Gasteiger partial charge in [-0.15, -0.1) is 0 Å². The van der Waals surface area contributed by atoms with Gasteiger partial charge >= 0.3 is 0 Å². The van der Waals surface area contributed by atoms with E-state index in [1.165, 1.54) is 6.92 Å². The van der Waals surface area contributed by atoms with Crippen LogP contribution in [-0.4, -0.2) is 36.8 Å². The molecule has 6 heteroatoms. The maximum Gasteiger partial charge on any atom is 0.170 e. The summed E-state index contributed by atoms with van der Waals surface area (Å²) >= 11 is 6.23. The number of ketones is 1. The molecule has 0 radical (unpaired) electrons. The van der Waals surface area contributed by atoms with E-state index in [2.05, 4.69) is 0 Å². The zero-order chi connectivity index (χ0) is 25.2. The number of carbonyl (C=O) groups is 1. The molecule has 4 atom stereocenters. The maximum atomic E-state index is 11.9. The van der Waals surface area contributed by atoms with Gasteiger partial charge in [-0.05, 0) is 22.8 Å². The van der Waals surface area contributed by atoms with Crippen LogP contribution in [0.1, 0.15) is 23.6 Å². The van der Waals surface area contributed by atoms with Crippen LogP contribution in [0.3, 0.4) is 0 Å². The Balaban J connectivity index is 1.53. The number of rotatable bonds is 12. The number of allylic oxidation sites excluding steroid dienone is 1. The van der Waals surface area contributed by atoms with Crippen LogP contribution in [0.2, 0.25) is 0 Å². The Morgan fingerprint density at radius 1 is 0.778 bits per heavy atom. The maximum absolute atomic E-state index is 11.9. The molecule has 4 rings (SSSR count). The Bertz CT molecular complexity index is 1100. The molecule has 0 amide bonds. The average molecular weight is 507 g/mol. The third-order valence-corrected chi connectivity index (χ3v) is 6.35. The van der Waals surface area contributed by atoms with E-state index in [0.717, 1.165) is 16.7 Å². The molecule has 188 valence electrons. The molecule has 0 unspecified atom stereocenters. The SMILES string of the molecule is CC(=O)/C(Cl)=C/[C@@H]1O[C@H](COCc2ccccc2)[C@@H](OCc2ccccc2)[C@H]1OCc1ccccc1. The van der Waals surface area contributed by atoms with E-state index in [1.54, 1.807) is 6.08 Å². The molecule has 0 aromatic heterocycles. The monoisotopic (exact) mass is 506 g/mol. The molecule has 3 aromatic carbocycles. The van der Waals surface area contributed by atoms with Crippen LogP contribution >= 0.6 is 11.6 Å². The molecular formula is C30H31ClO5. The minimum Gasteiger partial charge on any atom is -0.374 e. The van der Waals surface area contributed by atoms with Crippen LogP contribution in [-0.2, 0) is 43.6 Å². The standard InChI is InChI=1S/C30H31ClO5/c1-22(32)26(31)17-27-29(34-19-24-13-7-3-8-14-24)30(35-20-25-15-9-4-10-16-25)28(36-27)21-33-18-23-11-5-2-6-12-23/h2-17,27-30H,18-21H2,1H3/b26-17-/t27-,28+,29-,30+/m0/s1. The van der Waals surface area contributed by atoms with Crippen molar-refractivity contribution >= 4 is 17.4 Å². The topological polar surface area (TPSA) is 54.0 Å². The van der Waals surface area contributed by atoms with E-state index in [9.17, 15) is 4.79 Å². The van der Waals surface area contributed by atoms with Crippen molar-refractivity contribution in [3.63, 3.8) is 0 Å². The molecule has 5 nitrogen and oxygen atoms in total. The van der Waals surface area contributed by atoms with Crippen LogP contribution in [0.5, 0.6) is 0 Å². The van der Waals surface area contributed by atoms with Gasteiger partial charge in [-0.3, -0.25) is 4.79 Å². The van der Waals surface area contributed by atoms with E-state index >= 15 is 0 Å². The van der Waals surface area contributed by atoms with Crippen LogP contribution in [0, 0.1) is 0 Å². The van der Waals surface area contributed by atoms with Crippen molar-refractivity contribution < 1.29 is 23.7 Å². The van der Waals surface area contributed by atoms with E-state index in [1.807, 2.05) is 91.0 Å². The summed E-state index contributed by atoms with van der Waals surface area (Å²) in [6.07, 6.45) is -0.253. The molecule has 0 spiro atoms. The number of Topliss-reactive ketones (excluding diaryl/α,β-unsaturated/α-hetero) is 1. The lowest BCUT2D eigenvalue weighted by Gasteiger charge is -2.24. The molecule has 0 saturated carbocycles. The Morgan fingerprint density at radius 3 is 1.75 bits per heavy atom. The van der Waals surface area contributed by atoms with Gasteiger partial charge in [0.2, 0.25) is 0 Å². The highest BCUT2D eigenvalue weighted by Gasteiger charge is 2.45. The largest absolute Gasteiger partial charge is 0.374 e. The predicted octanol–water partition coefficient (Wildman–Crippen LogP) is 5.85. The van der Waals surface area contributed by atoms with Crippen molar-refractivity contribution in [2.45, 2.75) is 51.2 Å². The molecule has 0 bridgehead atoms. The smallest absolute Gasteiger partial charge is 0.170 e. The predicted molar refractivity (Wildman–Crippen MR) is 139 cm³/mol. The number of hydrogen-bond acceptors (Lipinski definition) is 5. The second-order valence-corrected chi connectivity index (χ2v) is 9.14. The average Bonchev–Trinajstić information content (AvgIpc) is 3.23. The fourth-order valence-electron chi connectivity index (χ4n) is 4.08. The summed E-state index contributed by atoms with van der Waals surface area (Å²) in [6, 6.07) is 29.8. The van der Waals surface area contributed by atoms with Crippen molar-refractivity contribution in [1.29, 1.82) is 0 Å². The summed E-state index contributed by atoms with van der Waals surface area (Å²) in [5.41, 5.74) is 3.15. The normalized spacial score (nSPS) is 22.0. The van der Waals surface area contributed by atoms with Gasteiger partial charge in [0.1, 0.15) is 24.4 Å². The summed E-state index contributed by atoms with van der Waals surface area (Å²) in [5, 5.41) is 0.112. The Hall–Kier alpha value is -2.80. The first-order valence-electron chi connectivity index (χ1n) is 12.1. The van der Waals surface area contributed by atoms with Gasteiger partial charge in [-0.1, -0.05) is 103 Å². The summed E-state index contributed by atoms with van der Waals surface area (Å²) < 4.78 is 25.1. The number of ether oxygens (including phenoxy) is 4. The second-order valence-electron chi connectivity index (χ2n) is 8.73. The third kappa shape index (κ3) is 7.60. The Morgan fingerprint density at radius 2 is 1.25 bits per heavy atom. The zero-order valence-corrected chi connectivity index (χ0v) is 21.1. The molecular weight excluding hydrogens is 476 g/mol. The van der Waals surface area contributed by atoms with E-state index in [-0.39, 0.29) is 10.8 Å². The highest BCUT2D eigenvalue weighted by molar-refractivity contribution is 6.42. The van der Waals surface area contributed by atoms with Gasteiger partial charge in [-0.2, -0.15) is 0 Å². The van der Waals surface area contributed by atoms with Crippen molar-refractivity contribution in [3.05, 3.63) is 119 Å². The Labute approximate surface area is 217 Å². The molecule has 0 aliphatic carbocycles. The number of hydrogen-bond donors (Lipinski definition) is 0. The number of halogens is 1. The summed E-state index contributed by atoms with van der Waals surface area (Å²) in [7, 11) is 0. The van der Waals surface area contributed by atoms with E-state index in [4.69, 9.17) is 30.5 Å². The van der Waals surface area contributed by atoms with Crippen molar-refractivity contribution in [2.75, 3.05) is 6.61 Å². The molecule has 3 aromatic rings. The molecule has 1 aliphatic rings. The lowest BCUT2D eigenvalue weighted by molar-refractivity contribution is -0.113.